The van der Waals surface area contributed by atoms with E-state index in [2.05, 4.69) is 36.0 Å². The quantitative estimate of drug-likeness (QED) is 0.639. The Hall–Kier alpha value is -1.18. The standard InChI is InChI=1S/C11H16N2.H2/c1-8(2)11-6-5-10(7-12-4)9(3)13-11;/h5-8H,1-4H3;1H. The van der Waals surface area contributed by atoms with E-state index < -0.39 is 0 Å². The molecule has 0 aliphatic rings. The van der Waals surface area contributed by atoms with Gasteiger partial charge in [-0.1, -0.05) is 13.8 Å². The van der Waals surface area contributed by atoms with Gasteiger partial charge in [-0.25, -0.2) is 0 Å². The molecule has 0 spiro atoms. The molecule has 0 fully saturated rings. The first-order valence-electron chi connectivity index (χ1n) is 4.55. The second-order valence-corrected chi connectivity index (χ2v) is 3.45. The molecule has 0 atom stereocenters. The molecule has 1 aromatic heterocycles. The Morgan fingerprint density at radius 3 is 2.62 bits per heavy atom. The van der Waals surface area contributed by atoms with Gasteiger partial charge in [0.2, 0.25) is 0 Å². The molecule has 0 radical (unpaired) electrons. The first kappa shape index (κ1) is 9.90. The molecule has 1 rings (SSSR count). The Kier molecular flexibility index (Phi) is 3.18. The van der Waals surface area contributed by atoms with Crippen LogP contribution >= 0.6 is 0 Å². The molecule has 0 aromatic carbocycles. The van der Waals surface area contributed by atoms with Crippen molar-refractivity contribution in [2.45, 2.75) is 26.7 Å². The third-order valence-corrected chi connectivity index (χ3v) is 2.01. The van der Waals surface area contributed by atoms with Gasteiger partial charge < -0.3 is 0 Å². The average molecular weight is 178 g/mol. The highest BCUT2D eigenvalue weighted by molar-refractivity contribution is 5.80. The first-order valence-corrected chi connectivity index (χ1v) is 4.55. The largest absolute Gasteiger partial charge is 0.296 e. The fourth-order valence-corrected chi connectivity index (χ4v) is 1.19. The molecule has 0 aliphatic carbocycles. The van der Waals surface area contributed by atoms with Crippen LogP contribution < -0.4 is 0 Å². The number of nitrogens with zero attached hydrogens (tertiary/aromatic N) is 2. The Morgan fingerprint density at radius 1 is 1.46 bits per heavy atom. The zero-order chi connectivity index (χ0) is 9.84. The van der Waals surface area contributed by atoms with Gasteiger partial charge in [-0.3, -0.25) is 9.98 Å². The number of hydrogen-bond acceptors (Lipinski definition) is 2. The van der Waals surface area contributed by atoms with Crippen molar-refractivity contribution in [3.63, 3.8) is 0 Å². The number of pyridine rings is 1. The number of aliphatic imine (C=N–C) groups is 1. The van der Waals surface area contributed by atoms with Crippen molar-refractivity contribution >= 4 is 6.21 Å². The third kappa shape index (κ3) is 2.38. The molecule has 72 valence electrons. The van der Waals surface area contributed by atoms with Gasteiger partial charge in [0.25, 0.3) is 0 Å². The van der Waals surface area contributed by atoms with Gasteiger partial charge in [0.1, 0.15) is 0 Å². The summed E-state index contributed by atoms with van der Waals surface area (Å²) in [7, 11) is 1.77. The molecule has 13 heavy (non-hydrogen) atoms. The minimum Gasteiger partial charge on any atom is -0.296 e. The Labute approximate surface area is 81.2 Å². The molecular formula is C11H18N2. The van der Waals surface area contributed by atoms with Crippen LogP contribution in [-0.2, 0) is 0 Å². The number of aromatic nitrogens is 1. The van der Waals surface area contributed by atoms with E-state index in [1.165, 1.54) is 0 Å². The summed E-state index contributed by atoms with van der Waals surface area (Å²) in [5.41, 5.74) is 3.30. The highest BCUT2D eigenvalue weighted by Gasteiger charge is 2.02. The lowest BCUT2D eigenvalue weighted by molar-refractivity contribution is 0.815. The van der Waals surface area contributed by atoms with Crippen LogP contribution in [0.25, 0.3) is 0 Å². The topological polar surface area (TPSA) is 25.2 Å². The monoisotopic (exact) mass is 178 g/mol. The fourth-order valence-electron chi connectivity index (χ4n) is 1.19. The van der Waals surface area contributed by atoms with E-state index >= 15 is 0 Å². The highest BCUT2D eigenvalue weighted by atomic mass is 14.7. The van der Waals surface area contributed by atoms with Crippen LogP contribution in [0.1, 0.15) is 38.1 Å². The molecule has 0 bridgehead atoms. The van der Waals surface area contributed by atoms with Gasteiger partial charge in [-0.2, -0.15) is 0 Å². The second-order valence-electron chi connectivity index (χ2n) is 3.45. The lowest BCUT2D eigenvalue weighted by Gasteiger charge is -2.06. The van der Waals surface area contributed by atoms with Crippen LogP contribution in [0.4, 0.5) is 0 Å². The third-order valence-electron chi connectivity index (χ3n) is 2.01. The van der Waals surface area contributed by atoms with Gasteiger partial charge in [0.05, 0.1) is 0 Å². The van der Waals surface area contributed by atoms with Crippen LogP contribution in [0.15, 0.2) is 17.1 Å². The van der Waals surface area contributed by atoms with Crippen molar-refractivity contribution in [3.8, 4) is 0 Å². The van der Waals surface area contributed by atoms with Crippen LogP contribution in [-0.4, -0.2) is 18.2 Å². The van der Waals surface area contributed by atoms with E-state index in [1.54, 1.807) is 7.05 Å². The average Bonchev–Trinajstić information content (AvgIpc) is 2.08. The Morgan fingerprint density at radius 2 is 2.15 bits per heavy atom. The minimum absolute atomic E-state index is 0. The molecule has 0 aliphatic heterocycles. The summed E-state index contributed by atoms with van der Waals surface area (Å²) in [6.07, 6.45) is 1.84. The van der Waals surface area contributed by atoms with Gasteiger partial charge in [0.15, 0.2) is 0 Å². The van der Waals surface area contributed by atoms with Crippen molar-refractivity contribution in [1.82, 2.24) is 4.98 Å². The van der Waals surface area contributed by atoms with Crippen LogP contribution in [0.5, 0.6) is 0 Å². The van der Waals surface area contributed by atoms with Crippen molar-refractivity contribution in [2.24, 2.45) is 4.99 Å². The zero-order valence-electron chi connectivity index (χ0n) is 8.70. The van der Waals surface area contributed by atoms with Gasteiger partial charge in [-0.05, 0) is 25.0 Å². The zero-order valence-corrected chi connectivity index (χ0v) is 8.70. The predicted octanol–water partition coefficient (Wildman–Crippen LogP) is 2.81. The molecule has 0 saturated carbocycles. The van der Waals surface area contributed by atoms with Gasteiger partial charge >= 0.3 is 0 Å². The molecule has 1 heterocycles. The van der Waals surface area contributed by atoms with Crippen molar-refractivity contribution in [2.75, 3.05) is 7.05 Å². The van der Waals surface area contributed by atoms with Crippen molar-refractivity contribution in [3.05, 3.63) is 29.1 Å². The molecule has 0 unspecified atom stereocenters. The summed E-state index contributed by atoms with van der Waals surface area (Å²) in [4.78, 5) is 8.48. The summed E-state index contributed by atoms with van der Waals surface area (Å²) in [5, 5.41) is 0. The normalized spacial score (nSPS) is 11.5. The lowest BCUT2D eigenvalue weighted by atomic mass is 10.1. The first-order chi connectivity index (χ1) is 6.15. The molecule has 1 aromatic rings. The lowest BCUT2D eigenvalue weighted by Crippen LogP contribution is -1.98. The van der Waals surface area contributed by atoms with E-state index in [-0.39, 0.29) is 1.43 Å². The Bertz CT molecular complexity index is 319. The smallest absolute Gasteiger partial charge is 0.0463 e. The molecule has 0 saturated heterocycles. The summed E-state index contributed by atoms with van der Waals surface area (Å²) in [6, 6.07) is 4.14. The summed E-state index contributed by atoms with van der Waals surface area (Å²) in [6.45, 7) is 6.31. The molecule has 0 N–H and O–H groups in total. The maximum absolute atomic E-state index is 4.50. The van der Waals surface area contributed by atoms with Crippen molar-refractivity contribution < 1.29 is 1.43 Å². The van der Waals surface area contributed by atoms with Gasteiger partial charge in [0, 0.05) is 31.6 Å². The predicted molar refractivity (Wildman–Crippen MR) is 58.7 cm³/mol. The highest BCUT2D eigenvalue weighted by Crippen LogP contribution is 2.13. The molecule has 2 nitrogen and oxygen atoms in total. The molecular weight excluding hydrogens is 160 g/mol. The summed E-state index contributed by atoms with van der Waals surface area (Å²) in [5.74, 6) is 0.492. The summed E-state index contributed by atoms with van der Waals surface area (Å²) >= 11 is 0. The number of aryl methyl sites for hydroxylation is 1. The fraction of sp³-hybridized carbons (Fsp3) is 0.455. The maximum Gasteiger partial charge on any atom is 0.0463 e. The van der Waals surface area contributed by atoms with Crippen LogP contribution in [0, 0.1) is 6.92 Å². The van der Waals surface area contributed by atoms with E-state index in [1.807, 2.05) is 13.1 Å². The second kappa shape index (κ2) is 4.17. The van der Waals surface area contributed by atoms with Crippen LogP contribution in [0.2, 0.25) is 0 Å². The Balaban J connectivity index is 0.00000169. The number of rotatable bonds is 2. The minimum atomic E-state index is 0. The molecule has 0 amide bonds. The van der Waals surface area contributed by atoms with Crippen LogP contribution in [0.3, 0.4) is 0 Å². The summed E-state index contributed by atoms with van der Waals surface area (Å²) < 4.78 is 0. The van der Waals surface area contributed by atoms with Crippen molar-refractivity contribution in [1.29, 1.82) is 0 Å². The maximum atomic E-state index is 4.50. The van der Waals surface area contributed by atoms with E-state index in [0.29, 0.717) is 5.92 Å². The molecule has 2 heteroatoms. The SMILES string of the molecule is CN=Cc1ccc(C(C)C)nc1C.[HH]. The van der Waals surface area contributed by atoms with Gasteiger partial charge in [-0.15, -0.1) is 0 Å². The van der Waals surface area contributed by atoms with E-state index in [9.17, 15) is 0 Å². The van der Waals surface area contributed by atoms with E-state index in [0.717, 1.165) is 17.0 Å². The van der Waals surface area contributed by atoms with E-state index in [4.69, 9.17) is 0 Å². The number of hydrogen-bond donors (Lipinski definition) is 0.